The molecule has 0 unspecified atom stereocenters. The number of amides is 2. The van der Waals surface area contributed by atoms with Gasteiger partial charge in [-0.05, 0) is 44.9 Å². The van der Waals surface area contributed by atoms with Gasteiger partial charge < -0.3 is 10.2 Å². The number of benzene rings is 2. The molecule has 2 aromatic rings. The normalized spacial score (nSPS) is 11.9. The summed E-state index contributed by atoms with van der Waals surface area (Å²) >= 11 is 0. The summed E-state index contributed by atoms with van der Waals surface area (Å²) in [6.07, 6.45) is 0.167. The molecule has 1 N–H and O–H groups in total. The summed E-state index contributed by atoms with van der Waals surface area (Å²) in [4.78, 5) is 27.0. The smallest absolute Gasteiger partial charge is 0.242 e. The fourth-order valence-electron chi connectivity index (χ4n) is 2.87. The average molecular weight is 370 g/mol. The van der Waals surface area contributed by atoms with E-state index in [9.17, 15) is 14.0 Å². The summed E-state index contributed by atoms with van der Waals surface area (Å²) < 4.78 is 14.1. The summed E-state index contributed by atoms with van der Waals surface area (Å²) in [7, 11) is 0. The Morgan fingerprint density at radius 1 is 1.00 bits per heavy atom. The number of rotatable bonds is 7. The van der Waals surface area contributed by atoms with E-state index >= 15 is 0 Å². The Bertz CT molecular complexity index is 804. The summed E-state index contributed by atoms with van der Waals surface area (Å²) in [5.74, 6) is -0.846. The second-order valence-electron chi connectivity index (χ2n) is 7.06. The zero-order chi connectivity index (χ0) is 20.0. The minimum absolute atomic E-state index is 0.0401. The minimum Gasteiger partial charge on any atom is -0.352 e. The number of hydrogen-bond acceptors (Lipinski definition) is 2. The topological polar surface area (TPSA) is 49.4 Å². The van der Waals surface area contributed by atoms with Gasteiger partial charge in [-0.1, -0.05) is 42.5 Å². The van der Waals surface area contributed by atoms with Crippen molar-refractivity contribution in [3.8, 4) is 0 Å². The number of aryl methyl sites for hydroxylation is 1. The van der Waals surface area contributed by atoms with E-state index in [2.05, 4.69) is 5.32 Å². The predicted molar refractivity (Wildman–Crippen MR) is 105 cm³/mol. The molecule has 2 rings (SSSR count). The molecular weight excluding hydrogens is 343 g/mol. The fraction of sp³-hybridized carbons (Fsp3) is 0.364. The van der Waals surface area contributed by atoms with Crippen molar-refractivity contribution in [2.24, 2.45) is 0 Å². The minimum atomic E-state index is -0.705. The molecule has 0 radical (unpaired) electrons. The summed E-state index contributed by atoms with van der Waals surface area (Å²) in [5, 5.41) is 2.83. The maximum absolute atomic E-state index is 14.1. The first-order valence-corrected chi connectivity index (χ1v) is 9.17. The first kappa shape index (κ1) is 20.6. The number of carbonyl (C=O) groups is 2. The van der Waals surface area contributed by atoms with Crippen molar-refractivity contribution in [3.05, 3.63) is 71.0 Å². The number of nitrogens with zero attached hydrogens (tertiary/aromatic N) is 1. The Labute approximate surface area is 160 Å². The van der Waals surface area contributed by atoms with Crippen molar-refractivity contribution in [2.45, 2.75) is 52.7 Å². The van der Waals surface area contributed by atoms with Gasteiger partial charge in [-0.25, -0.2) is 4.39 Å². The molecular formula is C22H27FN2O2. The van der Waals surface area contributed by atoms with Gasteiger partial charge in [0.15, 0.2) is 0 Å². The van der Waals surface area contributed by atoms with Crippen LogP contribution < -0.4 is 5.32 Å². The van der Waals surface area contributed by atoms with E-state index in [0.29, 0.717) is 5.56 Å². The first-order chi connectivity index (χ1) is 12.8. The Morgan fingerprint density at radius 3 is 2.19 bits per heavy atom. The lowest BCUT2D eigenvalue weighted by molar-refractivity contribution is -0.140. The van der Waals surface area contributed by atoms with E-state index < -0.39 is 6.04 Å². The average Bonchev–Trinajstić information content (AvgIpc) is 2.61. The Kier molecular flexibility index (Phi) is 7.11. The summed E-state index contributed by atoms with van der Waals surface area (Å²) in [6.45, 7) is 7.39. The highest BCUT2D eigenvalue weighted by molar-refractivity contribution is 5.88. The van der Waals surface area contributed by atoms with Crippen LogP contribution in [0.15, 0.2) is 48.5 Å². The van der Waals surface area contributed by atoms with Crippen molar-refractivity contribution >= 4 is 11.8 Å². The van der Waals surface area contributed by atoms with Crippen LogP contribution in [-0.2, 0) is 22.6 Å². The van der Waals surface area contributed by atoms with Gasteiger partial charge in [0, 0.05) is 18.2 Å². The highest BCUT2D eigenvalue weighted by atomic mass is 19.1. The lowest BCUT2D eigenvalue weighted by atomic mass is 10.0. The van der Waals surface area contributed by atoms with Gasteiger partial charge >= 0.3 is 0 Å². The second kappa shape index (κ2) is 9.31. The van der Waals surface area contributed by atoms with Crippen molar-refractivity contribution in [1.29, 1.82) is 0 Å². The van der Waals surface area contributed by atoms with E-state index in [-0.39, 0.29) is 36.6 Å². The highest BCUT2D eigenvalue weighted by Crippen LogP contribution is 2.16. The Morgan fingerprint density at radius 2 is 1.59 bits per heavy atom. The molecule has 0 heterocycles. The van der Waals surface area contributed by atoms with E-state index in [1.807, 2.05) is 45.0 Å². The Hall–Kier alpha value is -2.69. The van der Waals surface area contributed by atoms with E-state index in [1.165, 1.54) is 11.0 Å². The van der Waals surface area contributed by atoms with E-state index in [1.54, 1.807) is 25.1 Å². The van der Waals surface area contributed by atoms with Crippen LogP contribution in [0.4, 0.5) is 4.39 Å². The number of hydrogen-bond donors (Lipinski definition) is 1. The van der Waals surface area contributed by atoms with Crippen molar-refractivity contribution < 1.29 is 14.0 Å². The SMILES string of the molecule is Cc1ccccc1CC(=O)N(Cc1ccccc1F)[C@H](C)C(=O)NC(C)C. The zero-order valence-electron chi connectivity index (χ0n) is 16.3. The molecule has 2 aromatic carbocycles. The lowest BCUT2D eigenvalue weighted by Gasteiger charge is -2.29. The van der Waals surface area contributed by atoms with Crippen LogP contribution in [0.5, 0.6) is 0 Å². The van der Waals surface area contributed by atoms with Gasteiger partial charge in [0.05, 0.1) is 6.42 Å². The third-order valence-electron chi connectivity index (χ3n) is 4.50. The van der Waals surface area contributed by atoms with Gasteiger partial charge in [-0.15, -0.1) is 0 Å². The standard InChI is InChI=1S/C22H27FN2O2/c1-15(2)24-22(27)17(4)25(14-19-11-7-8-12-20(19)23)21(26)13-18-10-6-5-9-16(18)3/h5-12,15,17H,13-14H2,1-4H3,(H,24,27)/t17-/m1/s1. The zero-order valence-corrected chi connectivity index (χ0v) is 16.3. The molecule has 27 heavy (non-hydrogen) atoms. The van der Waals surface area contributed by atoms with Crippen molar-refractivity contribution in [2.75, 3.05) is 0 Å². The molecule has 0 bridgehead atoms. The van der Waals surface area contributed by atoms with Crippen LogP contribution in [0.1, 0.15) is 37.5 Å². The first-order valence-electron chi connectivity index (χ1n) is 9.17. The van der Waals surface area contributed by atoms with Crippen LogP contribution in [0.2, 0.25) is 0 Å². The Balaban J connectivity index is 2.27. The van der Waals surface area contributed by atoms with Crippen LogP contribution in [0.3, 0.4) is 0 Å². The molecule has 5 heteroatoms. The molecule has 4 nitrogen and oxygen atoms in total. The van der Waals surface area contributed by atoms with Gasteiger partial charge in [-0.3, -0.25) is 9.59 Å². The molecule has 0 aliphatic rings. The number of carbonyl (C=O) groups excluding carboxylic acids is 2. The molecule has 0 aromatic heterocycles. The molecule has 0 saturated carbocycles. The van der Waals surface area contributed by atoms with Crippen LogP contribution >= 0.6 is 0 Å². The number of halogens is 1. The molecule has 2 amide bonds. The molecule has 0 spiro atoms. The third kappa shape index (κ3) is 5.64. The van der Waals surface area contributed by atoms with Gasteiger partial charge in [0.2, 0.25) is 11.8 Å². The third-order valence-corrected chi connectivity index (χ3v) is 4.50. The molecule has 0 fully saturated rings. The molecule has 144 valence electrons. The van der Waals surface area contributed by atoms with Gasteiger partial charge in [0.25, 0.3) is 0 Å². The molecule has 0 saturated heterocycles. The number of nitrogens with one attached hydrogen (secondary N) is 1. The van der Waals surface area contributed by atoms with E-state index in [4.69, 9.17) is 0 Å². The largest absolute Gasteiger partial charge is 0.352 e. The van der Waals surface area contributed by atoms with Crippen molar-refractivity contribution in [1.82, 2.24) is 10.2 Å². The molecule has 0 aliphatic carbocycles. The summed E-state index contributed by atoms with van der Waals surface area (Å²) in [5.41, 5.74) is 2.30. The highest BCUT2D eigenvalue weighted by Gasteiger charge is 2.27. The van der Waals surface area contributed by atoms with E-state index in [0.717, 1.165) is 11.1 Å². The van der Waals surface area contributed by atoms with Crippen molar-refractivity contribution in [3.63, 3.8) is 0 Å². The monoisotopic (exact) mass is 370 g/mol. The quantitative estimate of drug-likeness (QED) is 0.809. The van der Waals surface area contributed by atoms with Crippen LogP contribution in [0.25, 0.3) is 0 Å². The predicted octanol–water partition coefficient (Wildman–Crippen LogP) is 3.62. The van der Waals surface area contributed by atoms with Crippen LogP contribution in [-0.4, -0.2) is 28.8 Å². The van der Waals surface area contributed by atoms with Crippen LogP contribution in [0, 0.1) is 12.7 Å². The van der Waals surface area contributed by atoms with Gasteiger partial charge in [-0.2, -0.15) is 0 Å². The second-order valence-corrected chi connectivity index (χ2v) is 7.06. The maximum Gasteiger partial charge on any atom is 0.242 e. The fourth-order valence-corrected chi connectivity index (χ4v) is 2.87. The van der Waals surface area contributed by atoms with Gasteiger partial charge in [0.1, 0.15) is 11.9 Å². The molecule has 0 aliphatic heterocycles. The molecule has 1 atom stereocenters. The maximum atomic E-state index is 14.1. The lowest BCUT2D eigenvalue weighted by Crippen LogP contribution is -2.49. The summed E-state index contributed by atoms with van der Waals surface area (Å²) in [6, 6.07) is 13.2.